The molecule has 1 N–H and O–H groups in total. The molecule has 8 aromatic rings. The molecule has 0 unspecified atom stereocenters. The number of aromatic amines is 1. The molecule has 0 aliphatic heterocycles. The first kappa shape index (κ1) is 25.9. The summed E-state index contributed by atoms with van der Waals surface area (Å²) in [6.45, 7) is 0. The highest BCUT2D eigenvalue weighted by Crippen LogP contribution is 2.41. The van der Waals surface area contributed by atoms with Crippen molar-refractivity contribution >= 4 is 110 Å². The highest BCUT2D eigenvalue weighted by molar-refractivity contribution is 6.68. The van der Waals surface area contributed by atoms with Crippen molar-refractivity contribution in [3.63, 3.8) is 0 Å². The van der Waals surface area contributed by atoms with Gasteiger partial charge in [0.15, 0.2) is 0 Å². The molecule has 0 bridgehead atoms. The van der Waals surface area contributed by atoms with Crippen LogP contribution >= 0.6 is 0 Å². The molecule has 2 nitrogen and oxygen atoms in total. The van der Waals surface area contributed by atoms with E-state index in [1.54, 1.807) is 0 Å². The van der Waals surface area contributed by atoms with E-state index < -0.39 is 0 Å². The molecule has 0 aliphatic rings. The number of H-pyrrole nitrogens is 1. The number of hydrogen-bond acceptors (Lipinski definition) is 0. The zero-order chi connectivity index (χ0) is 29.4. The lowest BCUT2D eigenvalue weighted by Crippen LogP contribution is -2.55. The van der Waals surface area contributed by atoms with Crippen LogP contribution in [0.1, 0.15) is 0 Å². The van der Waals surface area contributed by atoms with Crippen LogP contribution in [-0.2, 0) is 0 Å². The second-order valence-corrected chi connectivity index (χ2v) is 10.9. The summed E-state index contributed by atoms with van der Waals surface area (Å²) in [5, 5.41) is 4.72. The van der Waals surface area contributed by atoms with Crippen LogP contribution in [0.25, 0.3) is 71.6 Å². The van der Waals surface area contributed by atoms with Crippen LogP contribution in [-0.4, -0.2) is 48.8 Å². The maximum atomic E-state index is 6.50. The smallest absolute Gasteiger partial charge is 0.113 e. The lowest BCUT2D eigenvalue weighted by Gasteiger charge is -2.23. The summed E-state index contributed by atoms with van der Waals surface area (Å²) >= 11 is 0. The molecule has 8 rings (SSSR count). The number of rotatable bonds is 3. The lowest BCUT2D eigenvalue weighted by atomic mass is 9.59. The number of nitrogens with zero attached hydrogens (tertiary/aromatic N) is 1. The molecule has 2 heterocycles. The van der Waals surface area contributed by atoms with Crippen molar-refractivity contribution in [1.82, 2.24) is 9.55 Å². The molecule has 10 radical (unpaired) electrons. The monoisotopic (exact) mass is 534 g/mol. The van der Waals surface area contributed by atoms with Crippen molar-refractivity contribution in [2.24, 2.45) is 0 Å². The van der Waals surface area contributed by atoms with E-state index in [9.17, 15) is 0 Å². The van der Waals surface area contributed by atoms with E-state index in [0.29, 0.717) is 16.5 Å². The normalized spacial score (nSPS) is 11.7. The van der Waals surface area contributed by atoms with E-state index in [0.717, 1.165) is 44.4 Å². The fraction of sp³-hybridized carbons (Fsp3) is 0. The van der Waals surface area contributed by atoms with Gasteiger partial charge in [0.2, 0.25) is 0 Å². The van der Waals surface area contributed by atoms with Gasteiger partial charge in [-0.2, -0.15) is 0 Å². The largest absolute Gasteiger partial charge is 0.353 e. The van der Waals surface area contributed by atoms with Crippen LogP contribution in [0.5, 0.6) is 0 Å². The molecule has 2 aromatic heterocycles. The summed E-state index contributed by atoms with van der Waals surface area (Å²) in [7, 11) is 31.6. The van der Waals surface area contributed by atoms with E-state index in [-0.39, 0.29) is 16.4 Å². The Bertz CT molecular complexity index is 2370. The number of para-hydroxylation sites is 2. The third-order valence-corrected chi connectivity index (χ3v) is 8.62. The minimum absolute atomic E-state index is 0.200. The van der Waals surface area contributed by atoms with Crippen molar-refractivity contribution in [1.29, 1.82) is 0 Å². The fourth-order valence-corrected chi connectivity index (χ4v) is 6.52. The lowest BCUT2D eigenvalue weighted by molar-refractivity contribution is 1.18. The molecule has 7 heteroatoms. The van der Waals surface area contributed by atoms with E-state index in [1.165, 1.54) is 21.5 Å². The maximum absolute atomic E-state index is 6.50. The van der Waals surface area contributed by atoms with Crippen LogP contribution < -0.4 is 27.3 Å². The summed E-state index contributed by atoms with van der Waals surface area (Å²) in [6, 6.07) is 37.9. The quantitative estimate of drug-likeness (QED) is 0.335. The van der Waals surface area contributed by atoms with Crippen molar-refractivity contribution in [2.75, 3.05) is 0 Å². The van der Waals surface area contributed by atoms with Gasteiger partial charge >= 0.3 is 0 Å². The minimum atomic E-state index is 0.200. The van der Waals surface area contributed by atoms with E-state index in [2.05, 4.69) is 94.5 Å². The number of benzene rings is 6. The van der Waals surface area contributed by atoms with Gasteiger partial charge < -0.3 is 9.55 Å². The van der Waals surface area contributed by atoms with Gasteiger partial charge in [-0.1, -0.05) is 95.9 Å². The zero-order valence-corrected chi connectivity index (χ0v) is 23.2. The Morgan fingerprint density at radius 1 is 0.488 bits per heavy atom. The van der Waals surface area contributed by atoms with Crippen LogP contribution in [0.15, 0.2) is 109 Å². The van der Waals surface area contributed by atoms with Gasteiger partial charge in [0.05, 0.1) is 22.2 Å². The van der Waals surface area contributed by atoms with Gasteiger partial charge in [-0.3, -0.25) is 0 Å². The Morgan fingerprint density at radius 2 is 1.12 bits per heavy atom. The van der Waals surface area contributed by atoms with Gasteiger partial charge in [-0.25, -0.2) is 0 Å². The number of aromatic nitrogens is 2. The number of hydrogen-bond donors (Lipinski definition) is 1. The molecule has 0 atom stereocenters. The maximum Gasteiger partial charge on any atom is 0.113 e. The van der Waals surface area contributed by atoms with Gasteiger partial charge in [0.1, 0.15) is 39.2 Å². The molecular weight excluding hydrogens is 514 g/mol. The SMILES string of the molecule is [B]c1c([B])c([B])c(-c2ccc(-n3c4ccccc4c4ccc5c6ccccc6[nH]c5c43)c(-c3ccccc3)c2)c([B])c1[B]. The second-order valence-electron chi connectivity index (χ2n) is 10.9. The first-order valence-electron chi connectivity index (χ1n) is 14.1. The van der Waals surface area contributed by atoms with E-state index in [1.807, 2.05) is 24.3 Å². The molecule has 0 amide bonds. The topological polar surface area (TPSA) is 20.7 Å². The van der Waals surface area contributed by atoms with Gasteiger partial charge in [-0.15, -0.1) is 16.4 Å². The van der Waals surface area contributed by atoms with Crippen LogP contribution in [0.4, 0.5) is 0 Å². The van der Waals surface area contributed by atoms with Gasteiger partial charge in [0, 0.05) is 32.6 Å². The molecule has 188 valence electrons. The second kappa shape index (κ2) is 9.64. The first-order chi connectivity index (χ1) is 20.9. The Balaban J connectivity index is 1.51. The summed E-state index contributed by atoms with van der Waals surface area (Å²) in [5.41, 5.74) is 10.1. The van der Waals surface area contributed by atoms with E-state index in [4.69, 9.17) is 39.2 Å². The summed E-state index contributed by atoms with van der Waals surface area (Å²) in [6.07, 6.45) is 0. The highest BCUT2D eigenvalue weighted by Gasteiger charge is 2.21. The molecule has 43 heavy (non-hydrogen) atoms. The number of fused-ring (bicyclic) bond motifs is 7. The van der Waals surface area contributed by atoms with Crippen molar-refractivity contribution in [2.45, 2.75) is 0 Å². The summed E-state index contributed by atoms with van der Waals surface area (Å²) in [4.78, 5) is 3.73. The van der Waals surface area contributed by atoms with Crippen LogP contribution in [0.3, 0.4) is 0 Å². The van der Waals surface area contributed by atoms with Crippen molar-refractivity contribution in [3.8, 4) is 27.9 Å². The predicted molar refractivity (Wildman–Crippen MR) is 188 cm³/mol. The average molecular weight is 534 g/mol. The summed E-state index contributed by atoms with van der Waals surface area (Å²) < 4.78 is 2.35. The Hall–Kier alpha value is -4.76. The van der Waals surface area contributed by atoms with Crippen LogP contribution in [0.2, 0.25) is 0 Å². The fourth-order valence-electron chi connectivity index (χ4n) is 6.52. The molecule has 0 aliphatic carbocycles. The number of nitrogens with one attached hydrogen (secondary N) is 1. The van der Waals surface area contributed by atoms with Gasteiger partial charge in [-0.05, 0) is 41.0 Å². The molecular formula is C36H19B5N2. The third kappa shape index (κ3) is 3.74. The summed E-state index contributed by atoms with van der Waals surface area (Å²) in [5.74, 6) is 0. The minimum Gasteiger partial charge on any atom is -0.353 e. The average Bonchev–Trinajstić information content (AvgIpc) is 3.59. The zero-order valence-electron chi connectivity index (χ0n) is 23.2. The van der Waals surface area contributed by atoms with Crippen molar-refractivity contribution < 1.29 is 0 Å². The van der Waals surface area contributed by atoms with E-state index >= 15 is 0 Å². The van der Waals surface area contributed by atoms with Gasteiger partial charge in [0.25, 0.3) is 0 Å². The Kier molecular flexibility index (Phi) is 5.81. The highest BCUT2D eigenvalue weighted by atomic mass is 15.0. The third-order valence-electron chi connectivity index (χ3n) is 8.62. The molecule has 6 aromatic carbocycles. The van der Waals surface area contributed by atoms with Crippen LogP contribution in [0, 0.1) is 0 Å². The van der Waals surface area contributed by atoms with Crippen molar-refractivity contribution in [3.05, 3.63) is 109 Å². The molecule has 0 fully saturated rings. The molecule has 0 saturated carbocycles. The molecule has 0 saturated heterocycles. The first-order valence-corrected chi connectivity index (χ1v) is 14.1. The molecule has 0 spiro atoms. The predicted octanol–water partition coefficient (Wildman–Crippen LogP) is 3.72. The Labute approximate surface area is 256 Å². The Morgan fingerprint density at radius 3 is 1.88 bits per heavy atom. The standard InChI is InChI=1S/C36H19B5N2/c37-30-29(31(38)33(40)34(41)32(30)39)20-14-17-28(25(18-20)19-8-2-1-3-9-19)43-27-13-7-5-11-22(27)24-16-15-23-21-10-4-6-12-26(21)42-35(23)36(24)43/h1-18,42H.